The van der Waals surface area contributed by atoms with E-state index in [2.05, 4.69) is 10.6 Å². The van der Waals surface area contributed by atoms with Crippen molar-refractivity contribution < 1.29 is 18.0 Å². The third-order valence-electron chi connectivity index (χ3n) is 6.38. The van der Waals surface area contributed by atoms with E-state index < -0.39 is 16.1 Å². The zero-order chi connectivity index (χ0) is 25.7. The molecule has 4 rings (SSSR count). The van der Waals surface area contributed by atoms with Crippen molar-refractivity contribution in [2.45, 2.75) is 50.6 Å². The molecule has 0 radical (unpaired) electrons. The highest BCUT2D eigenvalue weighted by atomic mass is 32.2. The quantitative estimate of drug-likeness (QED) is 0.476. The average molecular weight is 506 g/mol. The Morgan fingerprint density at radius 1 is 0.972 bits per heavy atom. The Hall–Kier alpha value is -3.49. The normalized spacial score (nSPS) is 15.7. The molecule has 1 atom stereocenters. The van der Waals surface area contributed by atoms with Gasteiger partial charge in [-0.2, -0.15) is 4.31 Å². The molecule has 3 aromatic carbocycles. The Labute approximate surface area is 212 Å². The Kier molecular flexibility index (Phi) is 7.86. The molecule has 0 saturated heterocycles. The Balaban J connectivity index is 1.56. The molecule has 1 aliphatic heterocycles. The number of nitrogens with one attached hydrogen (secondary N) is 2. The minimum absolute atomic E-state index is 0.0205. The van der Waals surface area contributed by atoms with Gasteiger partial charge in [0.25, 0.3) is 0 Å². The smallest absolute Gasteiger partial charge is 0.243 e. The standard InChI is InChI=1S/C28H31N3O4S/c1-3-27(32)30-23-11-13-24(14-12-23)36(34,35)31-16-15-22-9-4-5-10-25(22)26(31)18-28(33)29-19-21-8-6-7-20(2)17-21/h4-14,17,26H,3,15-16,18-19H2,1-2H3,(H,29,33)(H,30,32)/t26-/m1/s1. The minimum atomic E-state index is -3.88. The first-order valence-electron chi connectivity index (χ1n) is 12.1. The summed E-state index contributed by atoms with van der Waals surface area (Å²) in [5.74, 6) is -0.356. The molecule has 0 spiro atoms. The van der Waals surface area contributed by atoms with Gasteiger partial charge >= 0.3 is 0 Å². The van der Waals surface area contributed by atoms with Crippen LogP contribution in [-0.4, -0.2) is 31.1 Å². The van der Waals surface area contributed by atoms with Gasteiger partial charge in [-0.05, 0) is 54.3 Å². The van der Waals surface area contributed by atoms with Crippen LogP contribution in [0, 0.1) is 6.92 Å². The second kappa shape index (κ2) is 11.1. The molecule has 2 N–H and O–H groups in total. The van der Waals surface area contributed by atoms with Gasteiger partial charge in [0.2, 0.25) is 21.8 Å². The fraction of sp³-hybridized carbons (Fsp3) is 0.286. The fourth-order valence-corrected chi connectivity index (χ4v) is 6.10. The summed E-state index contributed by atoms with van der Waals surface area (Å²) in [7, 11) is -3.88. The summed E-state index contributed by atoms with van der Waals surface area (Å²) in [5.41, 5.74) is 4.55. The number of nitrogens with zero attached hydrogens (tertiary/aromatic N) is 1. The average Bonchev–Trinajstić information content (AvgIpc) is 2.88. The van der Waals surface area contributed by atoms with Crippen molar-refractivity contribution in [3.05, 3.63) is 95.1 Å². The van der Waals surface area contributed by atoms with Crippen LogP contribution in [0.3, 0.4) is 0 Å². The van der Waals surface area contributed by atoms with Gasteiger partial charge in [0, 0.05) is 31.6 Å². The number of anilines is 1. The van der Waals surface area contributed by atoms with Gasteiger partial charge in [0.05, 0.1) is 10.9 Å². The highest BCUT2D eigenvalue weighted by Gasteiger charge is 2.37. The molecule has 36 heavy (non-hydrogen) atoms. The van der Waals surface area contributed by atoms with Crippen molar-refractivity contribution in [1.29, 1.82) is 0 Å². The molecular weight excluding hydrogens is 474 g/mol. The van der Waals surface area contributed by atoms with Crippen LogP contribution in [0.4, 0.5) is 5.69 Å². The van der Waals surface area contributed by atoms with Crippen LogP contribution in [-0.2, 0) is 32.6 Å². The molecule has 0 unspecified atom stereocenters. The highest BCUT2D eigenvalue weighted by Crippen LogP contribution is 2.36. The maximum absolute atomic E-state index is 13.7. The van der Waals surface area contributed by atoms with Gasteiger partial charge in [-0.3, -0.25) is 9.59 Å². The lowest BCUT2D eigenvalue weighted by Gasteiger charge is -2.36. The fourth-order valence-electron chi connectivity index (χ4n) is 4.49. The molecule has 1 aliphatic rings. The van der Waals surface area contributed by atoms with Crippen LogP contribution in [0.25, 0.3) is 0 Å². The number of rotatable bonds is 8. The van der Waals surface area contributed by atoms with E-state index >= 15 is 0 Å². The number of carbonyl (C=O) groups excluding carboxylic acids is 2. The van der Waals surface area contributed by atoms with E-state index in [1.165, 1.54) is 16.4 Å². The van der Waals surface area contributed by atoms with Gasteiger partial charge in [-0.15, -0.1) is 0 Å². The van der Waals surface area contributed by atoms with Crippen molar-refractivity contribution in [2.75, 3.05) is 11.9 Å². The van der Waals surface area contributed by atoms with Crippen LogP contribution in [0.2, 0.25) is 0 Å². The summed E-state index contributed by atoms with van der Waals surface area (Å²) in [5, 5.41) is 5.67. The number of aryl methyl sites for hydroxylation is 1. The number of hydrogen-bond acceptors (Lipinski definition) is 4. The van der Waals surface area contributed by atoms with Crippen molar-refractivity contribution in [1.82, 2.24) is 9.62 Å². The van der Waals surface area contributed by atoms with Crippen LogP contribution in [0.5, 0.6) is 0 Å². The number of sulfonamides is 1. The van der Waals surface area contributed by atoms with Crippen LogP contribution < -0.4 is 10.6 Å². The number of amides is 2. The van der Waals surface area contributed by atoms with Crippen molar-refractivity contribution in [3.8, 4) is 0 Å². The summed E-state index contributed by atoms with van der Waals surface area (Å²) in [4.78, 5) is 24.8. The monoisotopic (exact) mass is 505 g/mol. The second-order valence-corrected chi connectivity index (χ2v) is 10.9. The molecule has 188 valence electrons. The first kappa shape index (κ1) is 25.6. The van der Waals surface area contributed by atoms with Crippen LogP contribution in [0.15, 0.2) is 77.7 Å². The highest BCUT2D eigenvalue weighted by molar-refractivity contribution is 7.89. The predicted octanol–water partition coefficient (Wildman–Crippen LogP) is 4.34. The lowest BCUT2D eigenvalue weighted by atomic mass is 9.92. The third kappa shape index (κ3) is 5.83. The Morgan fingerprint density at radius 3 is 2.44 bits per heavy atom. The topological polar surface area (TPSA) is 95.6 Å². The molecule has 0 aliphatic carbocycles. The predicted molar refractivity (Wildman–Crippen MR) is 140 cm³/mol. The first-order chi connectivity index (χ1) is 17.3. The summed E-state index contributed by atoms with van der Waals surface area (Å²) >= 11 is 0. The SMILES string of the molecule is CCC(=O)Nc1ccc(S(=O)(=O)N2CCc3ccccc3[C@H]2CC(=O)NCc2cccc(C)c2)cc1. The maximum Gasteiger partial charge on any atom is 0.243 e. The van der Waals surface area contributed by atoms with Gasteiger partial charge in [-0.25, -0.2) is 8.42 Å². The molecule has 7 nitrogen and oxygen atoms in total. The largest absolute Gasteiger partial charge is 0.352 e. The Bertz CT molecular complexity index is 1350. The second-order valence-electron chi connectivity index (χ2n) is 8.98. The molecule has 0 bridgehead atoms. The Morgan fingerprint density at radius 2 is 1.72 bits per heavy atom. The lowest BCUT2D eigenvalue weighted by molar-refractivity contribution is -0.122. The lowest BCUT2D eigenvalue weighted by Crippen LogP contribution is -2.42. The molecule has 3 aromatic rings. The van der Waals surface area contributed by atoms with Crippen LogP contribution >= 0.6 is 0 Å². The van der Waals surface area contributed by atoms with E-state index in [1.54, 1.807) is 19.1 Å². The minimum Gasteiger partial charge on any atom is -0.352 e. The summed E-state index contributed by atoms with van der Waals surface area (Å²) in [6.07, 6.45) is 0.926. The summed E-state index contributed by atoms with van der Waals surface area (Å²) in [6.45, 7) is 4.41. The van der Waals surface area contributed by atoms with E-state index in [-0.39, 0.29) is 29.7 Å². The van der Waals surface area contributed by atoms with E-state index in [9.17, 15) is 18.0 Å². The van der Waals surface area contributed by atoms with E-state index in [4.69, 9.17) is 0 Å². The summed E-state index contributed by atoms with van der Waals surface area (Å²) < 4.78 is 28.8. The molecule has 2 amide bonds. The summed E-state index contributed by atoms with van der Waals surface area (Å²) in [6, 6.07) is 21.2. The molecule has 0 fully saturated rings. The zero-order valence-electron chi connectivity index (χ0n) is 20.5. The maximum atomic E-state index is 13.7. The van der Waals surface area contributed by atoms with Gasteiger partial charge in [0.15, 0.2) is 0 Å². The van der Waals surface area contributed by atoms with E-state index in [1.807, 2.05) is 55.5 Å². The van der Waals surface area contributed by atoms with Gasteiger partial charge < -0.3 is 10.6 Å². The first-order valence-corrected chi connectivity index (χ1v) is 13.5. The van der Waals surface area contributed by atoms with E-state index in [0.717, 1.165) is 22.3 Å². The third-order valence-corrected chi connectivity index (χ3v) is 8.30. The zero-order valence-corrected chi connectivity index (χ0v) is 21.3. The molecule has 8 heteroatoms. The van der Waals surface area contributed by atoms with Crippen molar-refractivity contribution in [3.63, 3.8) is 0 Å². The van der Waals surface area contributed by atoms with E-state index in [0.29, 0.717) is 25.1 Å². The van der Waals surface area contributed by atoms with Crippen LogP contribution in [0.1, 0.15) is 48.1 Å². The molecule has 1 heterocycles. The number of benzene rings is 3. The number of carbonyl (C=O) groups is 2. The molecule has 0 aromatic heterocycles. The van der Waals surface area contributed by atoms with Crippen molar-refractivity contribution >= 4 is 27.5 Å². The van der Waals surface area contributed by atoms with Crippen molar-refractivity contribution in [2.24, 2.45) is 0 Å². The van der Waals surface area contributed by atoms with Gasteiger partial charge in [-0.1, -0.05) is 61.0 Å². The number of hydrogen-bond donors (Lipinski definition) is 2. The number of fused-ring (bicyclic) bond motifs is 1. The van der Waals surface area contributed by atoms with Gasteiger partial charge in [0.1, 0.15) is 0 Å². The molecular formula is C28H31N3O4S. The molecule has 0 saturated carbocycles.